The normalized spacial score (nSPS) is 36.5. The number of hydrogen-bond donors (Lipinski definition) is 3. The Kier molecular flexibility index (Phi) is 12.8. The minimum Gasteiger partial charge on any atom is -0.465 e. The second kappa shape index (κ2) is 16.6. The molecule has 2 unspecified atom stereocenters. The fourth-order valence-electron chi connectivity index (χ4n) is 8.78. The van der Waals surface area contributed by atoms with Gasteiger partial charge in [-0.3, -0.25) is 9.69 Å². The highest BCUT2D eigenvalue weighted by atomic mass is 16.6. The number of piperidine rings is 1. The van der Waals surface area contributed by atoms with E-state index in [9.17, 15) is 29.7 Å². The van der Waals surface area contributed by atoms with Gasteiger partial charge >= 0.3 is 18.2 Å². The summed E-state index contributed by atoms with van der Waals surface area (Å²) in [5.74, 6) is -0.122. The predicted octanol–water partition coefficient (Wildman–Crippen LogP) is 5.76. The van der Waals surface area contributed by atoms with E-state index in [4.69, 9.17) is 9.47 Å². The van der Waals surface area contributed by atoms with Crippen molar-refractivity contribution in [2.45, 2.75) is 128 Å². The van der Waals surface area contributed by atoms with Crippen LogP contribution in [-0.4, -0.2) is 117 Å². The van der Waals surface area contributed by atoms with Crippen LogP contribution in [0.5, 0.6) is 0 Å². The summed E-state index contributed by atoms with van der Waals surface area (Å²) in [5.41, 5.74) is -0.551. The highest BCUT2D eigenvalue weighted by molar-refractivity contribution is 5.70. The van der Waals surface area contributed by atoms with Gasteiger partial charge in [-0.2, -0.15) is 0 Å². The zero-order valence-corrected chi connectivity index (χ0v) is 30.7. The van der Waals surface area contributed by atoms with E-state index in [2.05, 4.69) is 17.9 Å². The van der Waals surface area contributed by atoms with Crippen LogP contribution in [0.4, 0.5) is 9.59 Å². The molecule has 0 aromatic heterocycles. The van der Waals surface area contributed by atoms with Gasteiger partial charge in [0.05, 0.1) is 12.5 Å². The quantitative estimate of drug-likeness (QED) is 0.131. The maximum absolute atomic E-state index is 13.5. The Morgan fingerprint density at radius 2 is 1.78 bits per heavy atom. The van der Waals surface area contributed by atoms with Crippen molar-refractivity contribution in [2.24, 2.45) is 23.2 Å². The number of piperazine rings is 1. The summed E-state index contributed by atoms with van der Waals surface area (Å²) in [7, 11) is 0. The lowest BCUT2D eigenvalue weighted by atomic mass is 9.88. The summed E-state index contributed by atoms with van der Waals surface area (Å²) in [6, 6.07) is 0.589. The molecule has 5 aliphatic rings. The first-order valence-corrected chi connectivity index (χ1v) is 19.1. The Morgan fingerprint density at radius 1 is 1.08 bits per heavy atom. The number of fused-ring (bicyclic) bond motifs is 1. The minimum atomic E-state index is -1.46. The van der Waals surface area contributed by atoms with E-state index in [0.29, 0.717) is 38.1 Å². The number of amides is 2. The van der Waals surface area contributed by atoms with Crippen LogP contribution in [0.3, 0.4) is 0 Å². The van der Waals surface area contributed by atoms with Crippen LogP contribution in [0.1, 0.15) is 98.3 Å². The molecule has 0 spiro atoms. The topological polar surface area (TPSA) is 140 Å². The molecule has 280 valence electrons. The molecule has 3 aliphatic heterocycles. The molecule has 0 bridgehead atoms. The predicted molar refractivity (Wildman–Crippen MR) is 190 cm³/mol. The smallest absolute Gasteiger partial charge is 0.410 e. The van der Waals surface area contributed by atoms with Crippen LogP contribution in [0.25, 0.3) is 0 Å². The number of ether oxygens (including phenoxy) is 2. The number of carboxylic acid groups (broad SMARTS) is 1. The zero-order chi connectivity index (χ0) is 36.1. The highest BCUT2D eigenvalue weighted by Gasteiger charge is 2.60. The second-order valence-corrected chi connectivity index (χ2v) is 16.3. The van der Waals surface area contributed by atoms with E-state index in [0.717, 1.165) is 31.5 Å². The maximum atomic E-state index is 13.5. The van der Waals surface area contributed by atoms with Gasteiger partial charge in [-0.25, -0.2) is 9.59 Å². The van der Waals surface area contributed by atoms with Gasteiger partial charge in [-0.05, 0) is 81.3 Å². The molecule has 11 nitrogen and oxygen atoms in total. The molecule has 2 amide bonds. The fourth-order valence-corrected chi connectivity index (χ4v) is 8.78. The number of nitrogens with zero attached hydrogens (tertiary/aromatic N) is 3. The lowest BCUT2D eigenvalue weighted by Crippen LogP contribution is -2.53. The van der Waals surface area contributed by atoms with Crippen molar-refractivity contribution in [3.05, 3.63) is 36.0 Å². The number of rotatable bonds is 7. The summed E-state index contributed by atoms with van der Waals surface area (Å²) in [6.45, 7) is 11.6. The van der Waals surface area contributed by atoms with Crippen molar-refractivity contribution in [1.82, 2.24) is 14.7 Å². The monoisotopic (exact) mass is 699 g/mol. The van der Waals surface area contributed by atoms with Gasteiger partial charge in [0.25, 0.3) is 0 Å². The van der Waals surface area contributed by atoms with Gasteiger partial charge in [0, 0.05) is 51.2 Å². The van der Waals surface area contributed by atoms with Gasteiger partial charge < -0.3 is 34.6 Å². The molecule has 0 radical (unpaired) electrons. The molecule has 2 aliphatic carbocycles. The standard InChI is InChI=1S/C39H61N3O8/c1-27(23-39-24-30(39)25-42(26-39)36(45)46)10-9-11-28(2)35-29(3)14-15-33(38(4,48)17-16-32(43)22-34(44)50-35)49-37(47)41-20-18-40(19-21-41)31-12-7-5-6-8-13-31/h9-11,14-15,27,29-33,35,43,48H,5-8,12-13,16-26H2,1-4H3,(H,45,46)/b10-9+,15-14+,28-11+/t27-,29-,30?,32-,33-,35+,38-,39?/m0/s1. The van der Waals surface area contributed by atoms with Crippen LogP contribution < -0.4 is 0 Å². The SMILES string of the molecule is C/C(=C\C=C\[C@H](C)CC12CC1CN(C(=O)O)C2)[C@H]1OC(=O)C[C@@H](O)CC[C@](C)(O)[C@@H](OC(=O)N2CCN(C3CCCCCC3)CC2)/C=C/[C@@H]1C. The second-order valence-electron chi connectivity index (χ2n) is 16.3. The summed E-state index contributed by atoms with van der Waals surface area (Å²) in [5, 5.41) is 31.6. The van der Waals surface area contributed by atoms with Crippen LogP contribution in [0.2, 0.25) is 0 Å². The Balaban J connectivity index is 1.22. The molecular weight excluding hydrogens is 638 g/mol. The van der Waals surface area contributed by atoms with E-state index in [1.54, 1.807) is 17.9 Å². The average molecular weight is 700 g/mol. The molecule has 5 rings (SSSR count). The highest BCUT2D eigenvalue weighted by Crippen LogP contribution is 2.61. The van der Waals surface area contributed by atoms with E-state index < -0.39 is 42.1 Å². The molecule has 0 aromatic rings. The number of allylic oxidation sites excluding steroid dienone is 3. The lowest BCUT2D eigenvalue weighted by molar-refractivity contribution is -0.151. The van der Waals surface area contributed by atoms with Gasteiger partial charge in [0.1, 0.15) is 11.7 Å². The van der Waals surface area contributed by atoms with E-state index >= 15 is 0 Å². The largest absolute Gasteiger partial charge is 0.465 e. The maximum Gasteiger partial charge on any atom is 0.410 e. The number of esters is 1. The zero-order valence-electron chi connectivity index (χ0n) is 30.7. The number of aliphatic hydroxyl groups excluding tert-OH is 1. The van der Waals surface area contributed by atoms with Crippen LogP contribution in [0.15, 0.2) is 36.0 Å². The molecular formula is C39H61N3O8. The summed E-state index contributed by atoms with van der Waals surface area (Å²) >= 11 is 0. The Hall–Kier alpha value is -2.89. The third kappa shape index (κ3) is 9.91. The first-order chi connectivity index (χ1) is 23.8. The molecule has 8 atom stereocenters. The molecule has 0 aromatic carbocycles. The Morgan fingerprint density at radius 3 is 2.44 bits per heavy atom. The van der Waals surface area contributed by atoms with Gasteiger partial charge in [-0.15, -0.1) is 0 Å². The Bertz CT molecular complexity index is 1280. The molecule has 3 N–H and O–H groups in total. The van der Waals surface area contributed by atoms with Crippen molar-refractivity contribution in [3.8, 4) is 0 Å². The van der Waals surface area contributed by atoms with Crippen LogP contribution in [0, 0.1) is 23.2 Å². The summed E-state index contributed by atoms with van der Waals surface area (Å²) in [4.78, 5) is 43.6. The van der Waals surface area contributed by atoms with Gasteiger partial charge in [-0.1, -0.05) is 63.8 Å². The molecule has 3 heterocycles. The van der Waals surface area contributed by atoms with Crippen LogP contribution >= 0.6 is 0 Å². The molecule has 11 heteroatoms. The first kappa shape index (κ1) is 38.3. The fraction of sp³-hybridized carbons (Fsp3) is 0.769. The third-order valence-electron chi connectivity index (χ3n) is 12.0. The van der Waals surface area contributed by atoms with Crippen molar-refractivity contribution < 1.29 is 39.2 Å². The molecule has 4 fully saturated rings. The van der Waals surface area contributed by atoms with E-state index in [1.165, 1.54) is 43.4 Å². The van der Waals surface area contributed by atoms with Crippen molar-refractivity contribution in [1.29, 1.82) is 0 Å². The Labute approximate surface area is 298 Å². The number of cyclic esters (lactones) is 1. The summed E-state index contributed by atoms with van der Waals surface area (Å²) < 4.78 is 11.9. The third-order valence-corrected chi connectivity index (χ3v) is 12.0. The molecule has 2 saturated carbocycles. The molecule has 50 heavy (non-hydrogen) atoms. The average Bonchev–Trinajstić information content (AvgIpc) is 3.72. The number of aliphatic hydroxyl groups is 2. The number of likely N-dealkylation sites (tertiary alicyclic amines) is 1. The van der Waals surface area contributed by atoms with Gasteiger partial charge in [0.2, 0.25) is 0 Å². The number of carbonyl (C=O) groups excluding carboxylic acids is 2. The minimum absolute atomic E-state index is 0.0913. The number of hydrogen-bond acceptors (Lipinski definition) is 8. The van der Waals surface area contributed by atoms with Gasteiger partial charge in [0.15, 0.2) is 6.10 Å². The van der Waals surface area contributed by atoms with E-state index in [-0.39, 0.29) is 36.5 Å². The van der Waals surface area contributed by atoms with Crippen molar-refractivity contribution >= 4 is 18.2 Å². The first-order valence-electron chi connectivity index (χ1n) is 19.1. The lowest BCUT2D eigenvalue weighted by Gasteiger charge is -2.40. The van der Waals surface area contributed by atoms with E-state index in [1.807, 2.05) is 32.1 Å². The van der Waals surface area contributed by atoms with Crippen molar-refractivity contribution in [2.75, 3.05) is 39.3 Å². The van der Waals surface area contributed by atoms with Crippen LogP contribution in [-0.2, 0) is 14.3 Å². The summed E-state index contributed by atoms with van der Waals surface area (Å²) in [6.07, 6.45) is 15.4. The number of carbonyl (C=O) groups is 3. The van der Waals surface area contributed by atoms with Crippen molar-refractivity contribution in [3.63, 3.8) is 0 Å². The molecule has 2 saturated heterocycles.